The predicted molar refractivity (Wildman–Crippen MR) is 138 cm³/mol. The standard InChI is InChI=1S/C29H40N2OSi/c1-9-19-16-23-20(17-27(19)32-33(7,8)28(2,3)4)10-11-22-21(23)14-15-29(5)24(22)12-13-25(29)26(18-30)31-6/h16-17,21-22,24H,9-15H2,1-5,7-8H3/t21-,22+,24-,29-/m0/s1. The van der Waals surface area contributed by atoms with E-state index in [0.29, 0.717) is 23.5 Å². The number of hydrogen-bond acceptors (Lipinski definition) is 2. The molecule has 0 amide bonds. The molecule has 0 aromatic heterocycles. The van der Waals surface area contributed by atoms with Gasteiger partial charge in [0, 0.05) is 0 Å². The Hall–Kier alpha value is -2.04. The molecule has 0 bridgehead atoms. The van der Waals surface area contributed by atoms with Crippen molar-refractivity contribution in [3.05, 3.63) is 51.5 Å². The maximum absolute atomic E-state index is 9.54. The molecule has 3 aliphatic rings. The highest BCUT2D eigenvalue weighted by Gasteiger charge is 2.53. The molecule has 2 fully saturated rings. The highest BCUT2D eigenvalue weighted by Crippen LogP contribution is 2.63. The van der Waals surface area contributed by atoms with Crippen molar-refractivity contribution in [3.8, 4) is 11.8 Å². The van der Waals surface area contributed by atoms with Gasteiger partial charge in [0.1, 0.15) is 5.75 Å². The van der Waals surface area contributed by atoms with Crippen LogP contribution >= 0.6 is 0 Å². The zero-order valence-corrected chi connectivity index (χ0v) is 22.6. The van der Waals surface area contributed by atoms with Crippen LogP contribution in [0.2, 0.25) is 18.1 Å². The Morgan fingerprint density at radius 2 is 1.97 bits per heavy atom. The first-order chi connectivity index (χ1) is 15.5. The van der Waals surface area contributed by atoms with Crippen LogP contribution in [0.4, 0.5) is 0 Å². The summed E-state index contributed by atoms with van der Waals surface area (Å²) in [4.78, 5) is 3.60. The molecule has 0 radical (unpaired) electrons. The first-order valence-electron chi connectivity index (χ1n) is 12.8. The molecule has 0 saturated heterocycles. The average Bonchev–Trinajstić information content (AvgIpc) is 3.10. The zero-order valence-electron chi connectivity index (χ0n) is 21.6. The molecule has 4 rings (SSSR count). The third-order valence-corrected chi connectivity index (χ3v) is 14.1. The van der Waals surface area contributed by atoms with E-state index in [1.54, 1.807) is 5.56 Å². The molecule has 2 saturated carbocycles. The topological polar surface area (TPSA) is 37.4 Å². The van der Waals surface area contributed by atoms with E-state index in [9.17, 15) is 5.26 Å². The van der Waals surface area contributed by atoms with Crippen molar-refractivity contribution in [2.24, 2.45) is 17.3 Å². The number of nitrogens with zero attached hydrogens (tertiary/aromatic N) is 2. The fourth-order valence-corrected chi connectivity index (χ4v) is 7.85. The predicted octanol–water partition coefficient (Wildman–Crippen LogP) is 8.19. The molecule has 4 atom stereocenters. The van der Waals surface area contributed by atoms with Crippen molar-refractivity contribution in [2.75, 3.05) is 0 Å². The SMILES string of the molecule is [C-]#[N+]C(C#N)=C1CC[C@H]2[C@@H]3CCc4cc(O[Si](C)(C)C(C)(C)C)c(CC)cc4[C@H]3CC[C@]12C. The van der Waals surface area contributed by atoms with Gasteiger partial charge < -0.3 is 4.43 Å². The lowest BCUT2D eigenvalue weighted by Gasteiger charge is -2.50. The van der Waals surface area contributed by atoms with Gasteiger partial charge in [-0.05, 0) is 115 Å². The second kappa shape index (κ2) is 8.32. The third-order valence-electron chi connectivity index (χ3n) is 9.75. The number of rotatable bonds is 3. The molecule has 1 aromatic rings. The van der Waals surface area contributed by atoms with Crippen molar-refractivity contribution in [1.82, 2.24) is 0 Å². The van der Waals surface area contributed by atoms with Crippen molar-refractivity contribution in [3.63, 3.8) is 0 Å². The molecule has 0 aliphatic heterocycles. The Morgan fingerprint density at radius 3 is 2.58 bits per heavy atom. The average molecular weight is 461 g/mol. The maximum atomic E-state index is 9.54. The largest absolute Gasteiger partial charge is 0.543 e. The summed E-state index contributed by atoms with van der Waals surface area (Å²) in [5.74, 6) is 3.00. The van der Waals surface area contributed by atoms with Crippen molar-refractivity contribution in [1.29, 1.82) is 5.26 Å². The van der Waals surface area contributed by atoms with Crippen LogP contribution in [0.25, 0.3) is 4.85 Å². The molecule has 33 heavy (non-hydrogen) atoms. The lowest BCUT2D eigenvalue weighted by molar-refractivity contribution is 0.0811. The third kappa shape index (κ3) is 3.85. The number of aryl methyl sites for hydroxylation is 2. The second-order valence-corrected chi connectivity index (χ2v) is 17.1. The summed E-state index contributed by atoms with van der Waals surface area (Å²) in [7, 11) is -1.88. The maximum Gasteiger partial charge on any atom is 0.261 e. The van der Waals surface area contributed by atoms with Crippen LogP contribution < -0.4 is 4.43 Å². The van der Waals surface area contributed by atoms with Gasteiger partial charge in [-0.25, -0.2) is 10.1 Å². The van der Waals surface area contributed by atoms with Gasteiger partial charge in [-0.15, -0.1) is 0 Å². The zero-order chi connectivity index (χ0) is 24.2. The van der Waals surface area contributed by atoms with Gasteiger partial charge in [-0.1, -0.05) is 40.7 Å². The molecule has 3 aliphatic carbocycles. The van der Waals surface area contributed by atoms with E-state index >= 15 is 0 Å². The molecule has 0 unspecified atom stereocenters. The highest BCUT2D eigenvalue weighted by molar-refractivity contribution is 6.74. The Morgan fingerprint density at radius 1 is 1.24 bits per heavy atom. The Labute approximate surface area is 202 Å². The van der Waals surface area contributed by atoms with E-state index in [-0.39, 0.29) is 10.5 Å². The highest BCUT2D eigenvalue weighted by atomic mass is 28.4. The van der Waals surface area contributed by atoms with Gasteiger partial charge in [-0.3, -0.25) is 0 Å². The number of allylic oxidation sites excluding steroid dienone is 2. The first-order valence-corrected chi connectivity index (χ1v) is 15.7. The van der Waals surface area contributed by atoms with Crippen molar-refractivity contribution < 1.29 is 4.43 Å². The summed E-state index contributed by atoms with van der Waals surface area (Å²) < 4.78 is 6.81. The summed E-state index contributed by atoms with van der Waals surface area (Å²) in [6.45, 7) is 23.7. The smallest absolute Gasteiger partial charge is 0.261 e. The molecule has 1 aromatic carbocycles. The van der Waals surface area contributed by atoms with E-state index in [4.69, 9.17) is 11.0 Å². The summed E-state index contributed by atoms with van der Waals surface area (Å²) in [5, 5.41) is 9.73. The van der Waals surface area contributed by atoms with Crippen LogP contribution in [0.1, 0.15) is 89.3 Å². The summed E-state index contributed by atoms with van der Waals surface area (Å²) >= 11 is 0. The van der Waals surface area contributed by atoms with Gasteiger partial charge in [-0.2, -0.15) is 0 Å². The van der Waals surface area contributed by atoms with Crippen LogP contribution in [0.15, 0.2) is 23.4 Å². The van der Waals surface area contributed by atoms with Crippen LogP contribution in [0.5, 0.6) is 5.75 Å². The van der Waals surface area contributed by atoms with E-state index in [1.165, 1.54) is 17.5 Å². The lowest BCUT2D eigenvalue weighted by atomic mass is 9.55. The lowest BCUT2D eigenvalue weighted by Crippen LogP contribution is -2.44. The van der Waals surface area contributed by atoms with Gasteiger partial charge in [0.2, 0.25) is 8.32 Å². The van der Waals surface area contributed by atoms with E-state index in [0.717, 1.165) is 49.8 Å². The minimum absolute atomic E-state index is 0.0350. The first kappa shape index (κ1) is 24.1. The molecule has 0 spiro atoms. The summed E-state index contributed by atoms with van der Waals surface area (Å²) in [6, 6.07) is 7.09. The second-order valence-electron chi connectivity index (χ2n) is 12.3. The van der Waals surface area contributed by atoms with E-state index in [2.05, 4.69) is 70.8 Å². The number of hydrogen-bond donors (Lipinski definition) is 0. The van der Waals surface area contributed by atoms with Gasteiger partial charge in [0.15, 0.2) is 0 Å². The number of nitriles is 1. The molecule has 176 valence electrons. The van der Waals surface area contributed by atoms with Crippen molar-refractivity contribution >= 4 is 8.32 Å². The molecule has 4 heteroatoms. The van der Waals surface area contributed by atoms with Crippen LogP contribution in [-0.4, -0.2) is 8.32 Å². The number of fused-ring (bicyclic) bond motifs is 5. The number of benzene rings is 1. The van der Waals surface area contributed by atoms with Crippen molar-refractivity contribution in [2.45, 2.75) is 104 Å². The molecular weight excluding hydrogens is 420 g/mol. The monoisotopic (exact) mass is 460 g/mol. The molecule has 3 nitrogen and oxygen atoms in total. The van der Waals surface area contributed by atoms with E-state index < -0.39 is 8.32 Å². The Balaban J connectivity index is 1.68. The molecule has 0 N–H and O–H groups in total. The fourth-order valence-electron chi connectivity index (χ4n) is 6.81. The normalized spacial score (nSPS) is 30.4. The molecule has 0 heterocycles. The van der Waals surface area contributed by atoms with Gasteiger partial charge >= 0.3 is 0 Å². The quantitative estimate of drug-likeness (QED) is 0.259. The van der Waals surface area contributed by atoms with Gasteiger partial charge in [0.25, 0.3) is 5.70 Å². The minimum Gasteiger partial charge on any atom is -0.543 e. The summed E-state index contributed by atoms with van der Waals surface area (Å²) in [5.41, 5.74) is 5.98. The summed E-state index contributed by atoms with van der Waals surface area (Å²) in [6.07, 6.45) is 7.66. The Bertz CT molecular complexity index is 1050. The van der Waals surface area contributed by atoms with Crippen LogP contribution in [0.3, 0.4) is 0 Å². The van der Waals surface area contributed by atoms with Crippen LogP contribution in [-0.2, 0) is 12.8 Å². The fraction of sp³-hybridized carbons (Fsp3) is 0.655. The Kier molecular flexibility index (Phi) is 6.07. The van der Waals surface area contributed by atoms with Crippen LogP contribution in [0, 0.1) is 35.2 Å². The van der Waals surface area contributed by atoms with E-state index in [1.807, 2.05) is 0 Å². The minimum atomic E-state index is -1.88. The van der Waals surface area contributed by atoms with Gasteiger partial charge in [0.05, 0.1) is 12.6 Å². The molecular formula is C29H40N2OSi.